The number of carbonyl (C=O) groups excluding carboxylic acids is 1. The zero-order valence-corrected chi connectivity index (χ0v) is 23.1. The molecular weight excluding hydrogens is 576 g/mol. The van der Waals surface area contributed by atoms with Crippen LogP contribution in [0.1, 0.15) is 35.4 Å². The van der Waals surface area contributed by atoms with Crippen molar-refractivity contribution >= 4 is 5.78 Å². The maximum absolute atomic E-state index is 13.0. The van der Waals surface area contributed by atoms with E-state index in [2.05, 4.69) is 0 Å². The number of rotatable bonds is 7. The molecule has 3 aliphatic heterocycles. The van der Waals surface area contributed by atoms with E-state index in [1.165, 1.54) is 32.2 Å². The van der Waals surface area contributed by atoms with E-state index >= 15 is 0 Å². The van der Waals surface area contributed by atoms with Gasteiger partial charge in [0.1, 0.15) is 65.5 Å². The number of methoxy groups -OCH3 is 1. The van der Waals surface area contributed by atoms with E-state index in [-0.39, 0.29) is 35.0 Å². The maximum atomic E-state index is 13.0. The highest BCUT2D eigenvalue weighted by atomic mass is 16.8. The van der Waals surface area contributed by atoms with Crippen LogP contribution >= 0.6 is 0 Å². The SMILES string of the molecule is COc1ccc([C@@H]2CC(=O)c3c(O)cc(O[C@H]4O[C@@H](CO)[C@H](O)[C@@H](O)[C@@H]4O[C@@H]4O[C@H](C)[C@@H](O)[C@@H](O)[C@@H]4O)cc3O2)cc1O. The number of phenolic OH excluding ortho intramolecular Hbond substituents is 2. The van der Waals surface area contributed by atoms with Crippen molar-refractivity contribution in [2.45, 2.75) is 80.9 Å². The zero-order valence-electron chi connectivity index (χ0n) is 23.1. The van der Waals surface area contributed by atoms with E-state index in [0.29, 0.717) is 5.56 Å². The second kappa shape index (κ2) is 12.4. The van der Waals surface area contributed by atoms with E-state index in [9.17, 15) is 45.6 Å². The van der Waals surface area contributed by atoms with E-state index in [1.807, 2.05) is 0 Å². The first-order valence-corrected chi connectivity index (χ1v) is 13.5. The molecule has 15 nitrogen and oxygen atoms in total. The lowest BCUT2D eigenvalue weighted by atomic mass is 9.95. The van der Waals surface area contributed by atoms with Crippen molar-refractivity contribution in [3.05, 3.63) is 41.5 Å². The van der Waals surface area contributed by atoms with Gasteiger partial charge < -0.3 is 69.3 Å². The Morgan fingerprint density at radius 3 is 2.30 bits per heavy atom. The molecule has 0 saturated carbocycles. The molecule has 0 aliphatic carbocycles. The van der Waals surface area contributed by atoms with Gasteiger partial charge in [-0.25, -0.2) is 0 Å². The summed E-state index contributed by atoms with van der Waals surface area (Å²) in [6, 6.07) is 6.89. The summed E-state index contributed by atoms with van der Waals surface area (Å²) in [5.74, 6) is -1.06. The molecule has 0 unspecified atom stereocenters. The number of benzene rings is 2. The Morgan fingerprint density at radius 2 is 1.63 bits per heavy atom. The number of aliphatic hydroxyl groups is 6. The minimum Gasteiger partial charge on any atom is -0.507 e. The van der Waals surface area contributed by atoms with Crippen molar-refractivity contribution in [1.82, 2.24) is 0 Å². The average molecular weight is 611 g/mol. The van der Waals surface area contributed by atoms with Gasteiger partial charge in [0.15, 0.2) is 29.7 Å². The van der Waals surface area contributed by atoms with Crippen molar-refractivity contribution in [2.24, 2.45) is 0 Å². The van der Waals surface area contributed by atoms with Gasteiger partial charge in [0.2, 0.25) is 6.29 Å². The van der Waals surface area contributed by atoms with Crippen molar-refractivity contribution in [1.29, 1.82) is 0 Å². The fourth-order valence-corrected chi connectivity index (χ4v) is 5.29. The Balaban J connectivity index is 1.41. The van der Waals surface area contributed by atoms with Gasteiger partial charge in [-0.1, -0.05) is 6.07 Å². The number of hydrogen-bond acceptors (Lipinski definition) is 15. The van der Waals surface area contributed by atoms with Crippen LogP contribution in [0.2, 0.25) is 0 Å². The zero-order chi connectivity index (χ0) is 31.2. The van der Waals surface area contributed by atoms with Crippen LogP contribution in [0.4, 0.5) is 0 Å². The normalized spacial score (nSPS) is 36.0. The van der Waals surface area contributed by atoms with Gasteiger partial charge in [0.05, 0.1) is 26.2 Å². The fourth-order valence-electron chi connectivity index (χ4n) is 5.29. The molecule has 2 aromatic carbocycles. The molecule has 0 radical (unpaired) electrons. The highest BCUT2D eigenvalue weighted by Crippen LogP contribution is 2.43. The number of aromatic hydroxyl groups is 2. The minimum absolute atomic E-state index is 0.0592. The largest absolute Gasteiger partial charge is 0.507 e. The molecule has 43 heavy (non-hydrogen) atoms. The summed E-state index contributed by atoms with van der Waals surface area (Å²) in [6.07, 6.45) is -16.3. The predicted octanol–water partition coefficient (Wildman–Crippen LogP) is -1.16. The molecular formula is C28H34O15. The molecule has 15 heteroatoms. The molecule has 5 rings (SSSR count). The topological polar surface area (TPSA) is 234 Å². The Hall–Kier alpha value is -3.25. The molecule has 2 saturated heterocycles. The Labute approximate surface area is 245 Å². The molecule has 8 N–H and O–H groups in total. The van der Waals surface area contributed by atoms with Crippen LogP contribution in [0.25, 0.3) is 0 Å². The number of Topliss-reactive ketones (excluding diaryl/α,β-unsaturated/α-hetero) is 1. The standard InChI is InChI=1S/C28H34O15/c1-10-21(33)23(35)25(37)27(39-10)43-26-24(36)22(34)19(9-29)42-28(26)40-12-6-14(31)20-15(32)8-17(41-18(20)7-12)11-3-4-16(38-2)13(30)5-11/h3-7,10,17,19,21-31,33-37H,8-9H2,1-2H3/t10-,17+,19+,21-,22+,23-,24-,25+,26+,27+,28+/m1/s1. The number of hydrogen-bond donors (Lipinski definition) is 8. The maximum Gasteiger partial charge on any atom is 0.229 e. The number of ether oxygens (including phenoxy) is 6. The van der Waals surface area contributed by atoms with Crippen molar-refractivity contribution < 1.29 is 74.1 Å². The van der Waals surface area contributed by atoms with Gasteiger partial charge in [-0.05, 0) is 24.6 Å². The summed E-state index contributed by atoms with van der Waals surface area (Å²) in [5.41, 5.74) is 0.352. The van der Waals surface area contributed by atoms with Gasteiger partial charge in [0, 0.05) is 12.1 Å². The molecule has 11 atom stereocenters. The second-order valence-electron chi connectivity index (χ2n) is 10.6. The number of phenols is 2. The summed E-state index contributed by atoms with van der Waals surface area (Å²) in [7, 11) is 1.39. The van der Waals surface area contributed by atoms with Gasteiger partial charge in [-0.3, -0.25) is 4.79 Å². The Kier molecular flexibility index (Phi) is 8.99. The summed E-state index contributed by atoms with van der Waals surface area (Å²) in [6.45, 7) is 0.699. The first-order chi connectivity index (χ1) is 20.4. The number of ketones is 1. The number of fused-ring (bicyclic) bond motifs is 1. The summed E-state index contributed by atoms with van der Waals surface area (Å²) in [4.78, 5) is 13.0. The fraction of sp³-hybridized carbons (Fsp3) is 0.536. The lowest BCUT2D eigenvalue weighted by molar-refractivity contribution is -0.354. The van der Waals surface area contributed by atoms with Crippen LogP contribution in [0.3, 0.4) is 0 Å². The smallest absolute Gasteiger partial charge is 0.229 e. The lowest BCUT2D eigenvalue weighted by Gasteiger charge is -2.45. The van der Waals surface area contributed by atoms with Crippen LogP contribution < -0.4 is 14.2 Å². The van der Waals surface area contributed by atoms with E-state index in [4.69, 9.17) is 28.4 Å². The van der Waals surface area contributed by atoms with Gasteiger partial charge in [-0.15, -0.1) is 0 Å². The minimum atomic E-state index is -1.76. The number of carbonyl (C=O) groups is 1. The van der Waals surface area contributed by atoms with Crippen LogP contribution in [-0.4, -0.2) is 122 Å². The van der Waals surface area contributed by atoms with E-state index in [0.717, 1.165) is 6.07 Å². The highest BCUT2D eigenvalue weighted by molar-refractivity contribution is 6.02. The number of aliphatic hydroxyl groups excluding tert-OH is 6. The second-order valence-corrected chi connectivity index (χ2v) is 10.6. The Morgan fingerprint density at radius 1 is 0.884 bits per heavy atom. The summed E-state index contributed by atoms with van der Waals surface area (Å²) in [5, 5.41) is 82.4. The van der Waals surface area contributed by atoms with Gasteiger partial charge in [0.25, 0.3) is 0 Å². The van der Waals surface area contributed by atoms with Crippen LogP contribution in [-0.2, 0) is 14.2 Å². The Bertz CT molecular complexity index is 1320. The van der Waals surface area contributed by atoms with Crippen molar-refractivity contribution in [2.75, 3.05) is 13.7 Å². The van der Waals surface area contributed by atoms with Gasteiger partial charge in [-0.2, -0.15) is 0 Å². The molecule has 0 bridgehead atoms. The summed E-state index contributed by atoms with van der Waals surface area (Å²) < 4.78 is 33.7. The molecule has 3 heterocycles. The third-order valence-corrected chi connectivity index (χ3v) is 7.72. The molecule has 0 amide bonds. The molecule has 2 fully saturated rings. The van der Waals surface area contributed by atoms with Crippen LogP contribution in [0.5, 0.6) is 28.7 Å². The molecule has 236 valence electrons. The summed E-state index contributed by atoms with van der Waals surface area (Å²) >= 11 is 0. The monoisotopic (exact) mass is 610 g/mol. The molecule has 0 spiro atoms. The first kappa shape index (κ1) is 31.2. The highest BCUT2D eigenvalue weighted by Gasteiger charge is 2.51. The first-order valence-electron chi connectivity index (χ1n) is 13.5. The average Bonchev–Trinajstić information content (AvgIpc) is 2.97. The predicted molar refractivity (Wildman–Crippen MR) is 141 cm³/mol. The lowest BCUT2D eigenvalue weighted by Crippen LogP contribution is -2.64. The molecule has 2 aromatic rings. The van der Waals surface area contributed by atoms with Gasteiger partial charge >= 0.3 is 0 Å². The quantitative estimate of drug-likeness (QED) is 0.185. The van der Waals surface area contributed by atoms with Crippen LogP contribution in [0, 0.1) is 0 Å². The molecule has 3 aliphatic rings. The molecule has 0 aromatic heterocycles. The van der Waals surface area contributed by atoms with Crippen LogP contribution in [0.15, 0.2) is 30.3 Å². The third kappa shape index (κ3) is 5.95. The third-order valence-electron chi connectivity index (χ3n) is 7.72. The van der Waals surface area contributed by atoms with Crippen molar-refractivity contribution in [3.63, 3.8) is 0 Å². The van der Waals surface area contributed by atoms with Crippen molar-refractivity contribution in [3.8, 4) is 28.7 Å². The van der Waals surface area contributed by atoms with E-state index < -0.39 is 85.7 Å². The van der Waals surface area contributed by atoms with E-state index in [1.54, 1.807) is 6.07 Å².